The smallest absolute Gasteiger partial charge is 0.339 e. The Morgan fingerprint density at radius 3 is 2.37 bits per heavy atom. The highest BCUT2D eigenvalue weighted by atomic mass is 32.2. The summed E-state index contributed by atoms with van der Waals surface area (Å²) in [4.78, 5) is 25.9. The lowest BCUT2D eigenvalue weighted by Crippen LogP contribution is -2.47. The number of benzene rings is 2. The Balaban J connectivity index is 1.65. The van der Waals surface area contributed by atoms with Crippen molar-refractivity contribution in [1.29, 1.82) is 0 Å². The van der Waals surface area contributed by atoms with Crippen molar-refractivity contribution >= 4 is 27.0 Å². The van der Waals surface area contributed by atoms with Crippen molar-refractivity contribution < 1.29 is 22.4 Å². The summed E-state index contributed by atoms with van der Waals surface area (Å²) in [5, 5.41) is 0.857. The zero-order chi connectivity index (χ0) is 25.3. The van der Waals surface area contributed by atoms with Crippen LogP contribution in [0, 0.1) is 19.8 Å². The zero-order valence-corrected chi connectivity index (χ0v) is 21.3. The molecule has 1 heterocycles. The fourth-order valence-electron chi connectivity index (χ4n) is 4.49. The van der Waals surface area contributed by atoms with E-state index in [1.54, 1.807) is 32.0 Å². The Kier molecular flexibility index (Phi) is 7.15. The molecule has 8 heteroatoms. The van der Waals surface area contributed by atoms with E-state index in [0.717, 1.165) is 41.3 Å². The molecule has 0 saturated carbocycles. The van der Waals surface area contributed by atoms with Crippen molar-refractivity contribution in [3.05, 3.63) is 69.1 Å². The largest absolute Gasteiger partial charge is 0.425 e. The summed E-state index contributed by atoms with van der Waals surface area (Å²) >= 11 is 0. The first-order valence-electron chi connectivity index (χ1n) is 12.0. The molecular formula is C27H31NO6S. The molecule has 1 aromatic heterocycles. The molecule has 0 spiro atoms. The number of hydrogen-bond acceptors (Lipinski definition) is 6. The predicted octanol–water partition coefficient (Wildman–Crippen LogP) is 4.59. The van der Waals surface area contributed by atoms with Crippen LogP contribution in [0.15, 0.2) is 50.5 Å². The van der Waals surface area contributed by atoms with Gasteiger partial charge in [0, 0.05) is 16.5 Å². The molecule has 4 rings (SSSR count). The van der Waals surface area contributed by atoms with Gasteiger partial charge < -0.3 is 9.15 Å². The number of esters is 1. The van der Waals surface area contributed by atoms with Gasteiger partial charge in [-0.1, -0.05) is 38.0 Å². The molecular weight excluding hydrogens is 466 g/mol. The lowest BCUT2D eigenvalue weighted by Gasteiger charge is -2.23. The highest BCUT2D eigenvalue weighted by Gasteiger charge is 2.32. The van der Waals surface area contributed by atoms with Gasteiger partial charge in [-0.15, -0.1) is 0 Å². The molecule has 1 N–H and O–H groups in total. The highest BCUT2D eigenvalue weighted by molar-refractivity contribution is 7.89. The van der Waals surface area contributed by atoms with Crippen molar-refractivity contribution in [2.75, 3.05) is 0 Å². The van der Waals surface area contributed by atoms with Crippen molar-refractivity contribution in [3.63, 3.8) is 0 Å². The van der Waals surface area contributed by atoms with Gasteiger partial charge in [0.25, 0.3) is 0 Å². The number of sulfonamides is 1. The molecule has 0 amide bonds. The van der Waals surface area contributed by atoms with Crippen molar-refractivity contribution in [2.45, 2.75) is 70.7 Å². The van der Waals surface area contributed by atoms with Gasteiger partial charge in [0.15, 0.2) is 0 Å². The van der Waals surface area contributed by atoms with Crippen LogP contribution in [0.1, 0.15) is 55.4 Å². The van der Waals surface area contributed by atoms with E-state index in [-0.39, 0.29) is 22.2 Å². The number of ether oxygens (including phenoxy) is 1. The van der Waals surface area contributed by atoms with E-state index in [9.17, 15) is 18.0 Å². The summed E-state index contributed by atoms with van der Waals surface area (Å²) in [6, 6.07) is 8.84. The van der Waals surface area contributed by atoms with Crippen molar-refractivity contribution in [1.82, 2.24) is 4.72 Å². The third-order valence-electron chi connectivity index (χ3n) is 6.88. The van der Waals surface area contributed by atoms with Gasteiger partial charge in [0.1, 0.15) is 17.4 Å². The molecule has 0 aliphatic heterocycles. The van der Waals surface area contributed by atoms with Crippen LogP contribution < -0.4 is 15.1 Å². The first-order chi connectivity index (χ1) is 16.6. The average molecular weight is 498 g/mol. The fraction of sp³-hybridized carbons (Fsp3) is 0.407. The number of fused-ring (bicyclic) bond motifs is 3. The van der Waals surface area contributed by atoms with Crippen LogP contribution in [0.25, 0.3) is 11.0 Å². The van der Waals surface area contributed by atoms with Crippen LogP contribution in [0.2, 0.25) is 0 Å². The van der Waals surface area contributed by atoms with E-state index < -0.39 is 22.0 Å². The molecule has 2 aromatic carbocycles. The quantitative estimate of drug-likeness (QED) is 0.291. The molecule has 3 aromatic rings. The third kappa shape index (κ3) is 5.04. The van der Waals surface area contributed by atoms with Crippen LogP contribution in [-0.4, -0.2) is 20.4 Å². The van der Waals surface area contributed by atoms with Gasteiger partial charge in [0.2, 0.25) is 10.0 Å². The summed E-state index contributed by atoms with van der Waals surface area (Å²) < 4.78 is 39.8. The topological polar surface area (TPSA) is 103 Å². The average Bonchev–Trinajstić information content (AvgIpc) is 2.84. The van der Waals surface area contributed by atoms with E-state index >= 15 is 0 Å². The lowest BCUT2D eigenvalue weighted by atomic mass is 9.90. The normalized spacial score (nSPS) is 15.4. The predicted molar refractivity (Wildman–Crippen MR) is 134 cm³/mol. The van der Waals surface area contributed by atoms with Crippen LogP contribution in [0.5, 0.6) is 5.75 Å². The fourth-order valence-corrected chi connectivity index (χ4v) is 5.79. The van der Waals surface area contributed by atoms with Gasteiger partial charge in [-0.05, 0) is 75.3 Å². The third-order valence-corrected chi connectivity index (χ3v) is 8.34. The summed E-state index contributed by atoms with van der Waals surface area (Å²) in [5.41, 5.74) is 3.26. The molecule has 1 aliphatic carbocycles. The maximum Gasteiger partial charge on any atom is 0.339 e. The first kappa shape index (κ1) is 25.1. The van der Waals surface area contributed by atoms with Gasteiger partial charge in [-0.3, -0.25) is 0 Å². The van der Waals surface area contributed by atoms with Crippen LogP contribution in [-0.2, 0) is 27.7 Å². The minimum absolute atomic E-state index is 0.0811. The lowest BCUT2D eigenvalue weighted by molar-refractivity contribution is -0.137. The van der Waals surface area contributed by atoms with Crippen LogP contribution >= 0.6 is 0 Å². The Morgan fingerprint density at radius 1 is 1.06 bits per heavy atom. The number of nitrogens with one attached hydrogen (secondary N) is 1. The molecule has 0 saturated heterocycles. The Hall–Kier alpha value is -2.97. The molecule has 1 aliphatic rings. The molecule has 35 heavy (non-hydrogen) atoms. The summed E-state index contributed by atoms with van der Waals surface area (Å²) in [7, 11) is -3.94. The number of rotatable bonds is 7. The Morgan fingerprint density at radius 2 is 1.71 bits per heavy atom. The Bertz CT molecular complexity index is 1420. The minimum Gasteiger partial charge on any atom is -0.425 e. The van der Waals surface area contributed by atoms with Crippen molar-refractivity contribution in [3.8, 4) is 5.75 Å². The van der Waals surface area contributed by atoms with E-state index in [1.165, 1.54) is 12.1 Å². The Labute approximate surface area is 205 Å². The van der Waals surface area contributed by atoms with E-state index in [4.69, 9.17) is 9.15 Å². The van der Waals surface area contributed by atoms with Crippen LogP contribution in [0.4, 0.5) is 0 Å². The zero-order valence-electron chi connectivity index (χ0n) is 20.5. The van der Waals surface area contributed by atoms with Gasteiger partial charge in [0.05, 0.1) is 4.90 Å². The SMILES string of the molecule is CCC(C)C(NS(=O)(=O)c1ccc(C)cc1)C(=O)Oc1ccc2c3c(c(=O)oc2c1C)CCCC3. The second kappa shape index (κ2) is 9.95. The molecule has 0 bridgehead atoms. The number of aryl methyl sites for hydroxylation is 3. The van der Waals surface area contributed by atoms with E-state index in [1.807, 2.05) is 19.9 Å². The first-order valence-corrected chi connectivity index (χ1v) is 13.5. The highest BCUT2D eigenvalue weighted by Crippen LogP contribution is 2.33. The summed E-state index contributed by atoms with van der Waals surface area (Å²) in [6.07, 6.45) is 4.06. The second-order valence-corrected chi connectivity index (χ2v) is 11.1. The maximum absolute atomic E-state index is 13.2. The minimum atomic E-state index is -3.94. The van der Waals surface area contributed by atoms with E-state index in [0.29, 0.717) is 24.0 Å². The number of carbonyl (C=O) groups is 1. The molecule has 2 atom stereocenters. The standard InChI is InChI=1S/C27H31NO6S/c1-5-17(3)24(28-35(31,32)19-12-10-16(2)11-13-19)27(30)33-23-15-14-21-20-8-6-7-9-22(20)26(29)34-25(21)18(23)4/h10-15,17,24,28H,5-9H2,1-4H3. The van der Waals surface area contributed by atoms with Crippen LogP contribution in [0.3, 0.4) is 0 Å². The maximum atomic E-state index is 13.2. The van der Waals surface area contributed by atoms with Crippen molar-refractivity contribution in [2.24, 2.45) is 5.92 Å². The van der Waals surface area contributed by atoms with Gasteiger partial charge in [-0.2, -0.15) is 4.72 Å². The molecule has 2 unspecified atom stereocenters. The molecule has 0 radical (unpaired) electrons. The monoisotopic (exact) mass is 497 g/mol. The second-order valence-electron chi connectivity index (χ2n) is 9.34. The molecule has 186 valence electrons. The van der Waals surface area contributed by atoms with Gasteiger partial charge >= 0.3 is 11.6 Å². The molecule has 0 fully saturated rings. The van der Waals surface area contributed by atoms with E-state index in [2.05, 4.69) is 4.72 Å². The number of carbonyl (C=O) groups excluding carboxylic acids is 1. The summed E-state index contributed by atoms with van der Waals surface area (Å²) in [6.45, 7) is 7.27. The summed E-state index contributed by atoms with van der Waals surface area (Å²) in [5.74, 6) is -0.782. The number of hydrogen-bond donors (Lipinski definition) is 1. The van der Waals surface area contributed by atoms with Gasteiger partial charge in [-0.25, -0.2) is 18.0 Å². The molecule has 7 nitrogen and oxygen atoms in total.